The number of aromatic nitrogens is 1. The lowest BCUT2D eigenvalue weighted by Crippen LogP contribution is -2.21. The Kier molecular flexibility index (Phi) is 4.06. The zero-order valence-corrected chi connectivity index (χ0v) is 11.7. The minimum Gasteiger partial charge on any atom is -0.369 e. The number of guanidine groups is 1. The molecule has 1 heterocycles. The molecule has 5 nitrogen and oxygen atoms in total. The van der Waals surface area contributed by atoms with Crippen LogP contribution >= 0.6 is 27.3 Å². The van der Waals surface area contributed by atoms with E-state index in [-0.39, 0.29) is 5.96 Å². The van der Waals surface area contributed by atoms with E-state index >= 15 is 0 Å². The molecule has 0 bridgehead atoms. The number of rotatable bonds is 3. The Hall–Kier alpha value is -1.73. The molecule has 1 aromatic heterocycles. The fraction of sp³-hybridized carbons (Fsp3) is 0. The summed E-state index contributed by atoms with van der Waals surface area (Å²) < 4.78 is 1.04. The Bertz CT molecular complexity index is 601. The largest absolute Gasteiger partial charge is 0.369 e. The minimum atomic E-state index is -0.0614. The normalized spacial score (nSPS) is 10.7. The van der Waals surface area contributed by atoms with E-state index < -0.39 is 0 Å². The number of H-pyrrole nitrogens is 1. The molecule has 0 unspecified atom stereocenters. The molecular formula is C11H11BrN5S+. The van der Waals surface area contributed by atoms with E-state index in [1.807, 2.05) is 29.6 Å². The van der Waals surface area contributed by atoms with Crippen molar-refractivity contribution in [2.75, 3.05) is 0 Å². The van der Waals surface area contributed by atoms with Crippen molar-refractivity contribution in [3.8, 4) is 10.6 Å². The summed E-state index contributed by atoms with van der Waals surface area (Å²) in [5, 5.41) is 10.3. The van der Waals surface area contributed by atoms with Crippen molar-refractivity contribution in [1.29, 1.82) is 0 Å². The van der Waals surface area contributed by atoms with Crippen molar-refractivity contribution < 1.29 is 4.98 Å². The molecule has 92 valence electrons. The Labute approximate surface area is 116 Å². The minimum absolute atomic E-state index is 0.0614. The summed E-state index contributed by atoms with van der Waals surface area (Å²) in [5.41, 5.74) is 12.3. The van der Waals surface area contributed by atoms with Gasteiger partial charge in [0.05, 0.1) is 10.9 Å². The summed E-state index contributed by atoms with van der Waals surface area (Å²) in [4.78, 5) is 3.23. The van der Waals surface area contributed by atoms with Gasteiger partial charge in [0.25, 0.3) is 5.01 Å². The second-order valence-electron chi connectivity index (χ2n) is 3.42. The zero-order chi connectivity index (χ0) is 13.0. The molecule has 2 aromatic rings. The molecule has 0 saturated heterocycles. The highest BCUT2D eigenvalue weighted by atomic mass is 79.9. The lowest BCUT2D eigenvalue weighted by atomic mass is 10.2. The Morgan fingerprint density at radius 2 is 2.22 bits per heavy atom. The summed E-state index contributed by atoms with van der Waals surface area (Å²) >= 11 is 5.03. The summed E-state index contributed by atoms with van der Waals surface area (Å²) in [7, 11) is 0. The number of thiazole rings is 1. The van der Waals surface area contributed by atoms with Gasteiger partial charge >= 0.3 is 0 Å². The Morgan fingerprint density at radius 3 is 2.94 bits per heavy atom. The summed E-state index contributed by atoms with van der Waals surface area (Å²) in [6.45, 7) is 0. The van der Waals surface area contributed by atoms with Gasteiger partial charge in [0.15, 0.2) is 0 Å². The molecule has 0 aliphatic rings. The maximum absolute atomic E-state index is 5.17. The molecule has 0 saturated carbocycles. The van der Waals surface area contributed by atoms with Crippen LogP contribution in [-0.2, 0) is 0 Å². The molecule has 0 aliphatic heterocycles. The fourth-order valence-electron chi connectivity index (χ4n) is 1.30. The maximum atomic E-state index is 5.17. The molecule has 0 atom stereocenters. The molecule has 0 amide bonds. The van der Waals surface area contributed by atoms with Crippen molar-refractivity contribution in [2.24, 2.45) is 21.7 Å². The average Bonchev–Trinajstić information content (AvgIpc) is 2.77. The lowest BCUT2D eigenvalue weighted by Gasteiger charge is -1.91. The van der Waals surface area contributed by atoms with Gasteiger partial charge in [-0.25, -0.2) is 0 Å². The number of benzene rings is 1. The van der Waals surface area contributed by atoms with Gasteiger partial charge in [-0.3, -0.25) is 0 Å². The van der Waals surface area contributed by atoms with Crippen LogP contribution in [0, 0.1) is 0 Å². The maximum Gasteiger partial charge on any atom is 0.267 e. The standard InChI is InChI=1S/C11H10BrN5S/c12-8-3-1-2-7(4-8)10-16-9(6-18-10)5-15-17-11(13)14/h1-6H,(H4,13,14,17)/p+1/b15-5+. The molecular weight excluding hydrogens is 314 g/mol. The number of nitrogens with one attached hydrogen (secondary N) is 1. The summed E-state index contributed by atoms with van der Waals surface area (Å²) in [6.07, 6.45) is 1.57. The first kappa shape index (κ1) is 12.7. The van der Waals surface area contributed by atoms with Crippen LogP contribution in [0.1, 0.15) is 5.69 Å². The van der Waals surface area contributed by atoms with Gasteiger partial charge in [-0.15, -0.1) is 10.2 Å². The number of aromatic amines is 1. The highest BCUT2D eigenvalue weighted by Gasteiger charge is 2.10. The van der Waals surface area contributed by atoms with Crippen LogP contribution in [0.4, 0.5) is 0 Å². The van der Waals surface area contributed by atoms with Crippen LogP contribution in [0.25, 0.3) is 10.6 Å². The predicted octanol–water partition coefficient (Wildman–Crippen LogP) is 1.60. The van der Waals surface area contributed by atoms with Gasteiger partial charge in [-0.05, 0) is 18.2 Å². The van der Waals surface area contributed by atoms with Crippen LogP contribution in [-0.4, -0.2) is 12.2 Å². The number of hydrogen-bond donors (Lipinski definition) is 2. The van der Waals surface area contributed by atoms with E-state index in [0.29, 0.717) is 0 Å². The first-order valence-corrected chi connectivity index (χ1v) is 6.71. The van der Waals surface area contributed by atoms with Gasteiger partial charge in [-0.2, -0.15) is 4.98 Å². The van der Waals surface area contributed by atoms with Crippen LogP contribution in [0.2, 0.25) is 0 Å². The monoisotopic (exact) mass is 324 g/mol. The molecule has 2 rings (SSSR count). The van der Waals surface area contributed by atoms with E-state index in [1.54, 1.807) is 17.6 Å². The number of nitrogens with zero attached hydrogens (tertiary/aromatic N) is 2. The molecule has 7 heteroatoms. The molecule has 1 aromatic carbocycles. The second kappa shape index (κ2) is 5.74. The van der Waals surface area contributed by atoms with Crippen molar-refractivity contribution >= 4 is 39.4 Å². The SMILES string of the molecule is NC(N)=N/N=C/c1csc(-c2cccc(Br)c2)[nH+]1. The van der Waals surface area contributed by atoms with E-state index in [2.05, 4.69) is 31.1 Å². The van der Waals surface area contributed by atoms with Crippen molar-refractivity contribution in [3.05, 3.63) is 39.8 Å². The molecule has 0 radical (unpaired) electrons. The highest BCUT2D eigenvalue weighted by molar-refractivity contribution is 9.10. The van der Waals surface area contributed by atoms with E-state index in [9.17, 15) is 0 Å². The fourth-order valence-corrected chi connectivity index (χ4v) is 2.51. The van der Waals surface area contributed by atoms with Crippen LogP contribution < -0.4 is 16.5 Å². The first-order chi connectivity index (χ1) is 8.65. The average molecular weight is 325 g/mol. The lowest BCUT2D eigenvalue weighted by molar-refractivity contribution is -0.359. The van der Waals surface area contributed by atoms with Crippen molar-refractivity contribution in [1.82, 2.24) is 0 Å². The third-order valence-corrected chi connectivity index (χ3v) is 3.46. The quantitative estimate of drug-likeness (QED) is 0.510. The second-order valence-corrected chi connectivity index (χ2v) is 5.22. The Morgan fingerprint density at radius 1 is 1.39 bits per heavy atom. The molecule has 18 heavy (non-hydrogen) atoms. The van der Waals surface area contributed by atoms with Gasteiger partial charge in [0, 0.05) is 4.47 Å². The first-order valence-electron chi connectivity index (χ1n) is 5.04. The van der Waals surface area contributed by atoms with Crippen molar-refractivity contribution in [2.45, 2.75) is 0 Å². The smallest absolute Gasteiger partial charge is 0.267 e. The number of hydrogen-bond acceptors (Lipinski definition) is 3. The molecule has 0 spiro atoms. The van der Waals surface area contributed by atoms with E-state index in [4.69, 9.17) is 11.5 Å². The van der Waals surface area contributed by atoms with Crippen LogP contribution in [0.5, 0.6) is 0 Å². The predicted molar refractivity (Wildman–Crippen MR) is 77.4 cm³/mol. The Balaban J connectivity index is 2.20. The van der Waals surface area contributed by atoms with Crippen LogP contribution in [0.15, 0.2) is 44.3 Å². The third-order valence-electron chi connectivity index (χ3n) is 2.02. The van der Waals surface area contributed by atoms with E-state index in [0.717, 1.165) is 20.7 Å². The summed E-state index contributed by atoms with van der Waals surface area (Å²) in [5.74, 6) is -0.0614. The van der Waals surface area contributed by atoms with Gasteiger partial charge in [-0.1, -0.05) is 33.3 Å². The van der Waals surface area contributed by atoms with E-state index in [1.165, 1.54) is 0 Å². The topological polar surface area (TPSA) is 90.9 Å². The van der Waals surface area contributed by atoms with Gasteiger partial charge in [0.2, 0.25) is 11.7 Å². The number of halogens is 1. The molecule has 0 fully saturated rings. The zero-order valence-electron chi connectivity index (χ0n) is 9.30. The number of nitrogens with two attached hydrogens (primary N) is 2. The van der Waals surface area contributed by atoms with Gasteiger partial charge < -0.3 is 11.5 Å². The summed E-state index contributed by atoms with van der Waals surface area (Å²) in [6, 6.07) is 8.04. The van der Waals surface area contributed by atoms with Gasteiger partial charge in [0.1, 0.15) is 6.21 Å². The van der Waals surface area contributed by atoms with Crippen LogP contribution in [0.3, 0.4) is 0 Å². The molecule has 0 aliphatic carbocycles. The molecule has 5 N–H and O–H groups in total. The van der Waals surface area contributed by atoms with Crippen molar-refractivity contribution in [3.63, 3.8) is 0 Å². The highest BCUT2D eigenvalue weighted by Crippen LogP contribution is 2.23. The third kappa shape index (κ3) is 3.38.